The van der Waals surface area contributed by atoms with Crippen molar-refractivity contribution in [2.24, 2.45) is 0 Å². The van der Waals surface area contributed by atoms with Gasteiger partial charge in [-0.3, -0.25) is 0 Å². The van der Waals surface area contributed by atoms with Crippen LogP contribution < -0.4 is 4.74 Å². The largest absolute Gasteiger partial charge is 0.493 e. The predicted molar refractivity (Wildman–Crippen MR) is 113 cm³/mol. The van der Waals surface area contributed by atoms with Gasteiger partial charge in [0.05, 0.1) is 18.0 Å². The average Bonchev–Trinajstić information content (AvgIpc) is 3.31. The quantitative estimate of drug-likeness (QED) is 0.464. The summed E-state index contributed by atoms with van der Waals surface area (Å²) in [5, 5.41) is 17.9. The molecule has 8 nitrogen and oxygen atoms in total. The lowest BCUT2D eigenvalue weighted by molar-refractivity contribution is 0.0686. The Morgan fingerprint density at radius 1 is 1.10 bits per heavy atom. The van der Waals surface area contributed by atoms with Crippen LogP contribution in [0.5, 0.6) is 5.75 Å². The molecule has 0 amide bonds. The molecule has 0 unspecified atom stereocenters. The summed E-state index contributed by atoms with van der Waals surface area (Å²) in [5.74, 6) is 1.07. The Kier molecular flexibility index (Phi) is 5.79. The lowest BCUT2D eigenvalue weighted by Gasteiger charge is -2.08. The van der Waals surface area contributed by atoms with Crippen LogP contribution in [-0.2, 0) is 12.8 Å². The predicted octanol–water partition coefficient (Wildman–Crippen LogP) is 3.78. The molecule has 0 saturated heterocycles. The fraction of sp³-hybridized carbons (Fsp3) is 0.217. The van der Waals surface area contributed by atoms with Gasteiger partial charge in [0.15, 0.2) is 11.6 Å². The van der Waals surface area contributed by atoms with Crippen LogP contribution in [0.2, 0.25) is 0 Å². The number of aromatic carboxylic acids is 1. The number of benzene rings is 2. The van der Waals surface area contributed by atoms with Crippen molar-refractivity contribution < 1.29 is 19.1 Å². The highest BCUT2D eigenvalue weighted by Gasteiger charge is 2.21. The molecule has 0 spiro atoms. The Hall–Kier alpha value is -3.94. The van der Waals surface area contributed by atoms with Crippen molar-refractivity contribution in [3.8, 4) is 11.4 Å². The third kappa shape index (κ3) is 4.63. The zero-order valence-corrected chi connectivity index (χ0v) is 17.3. The Morgan fingerprint density at radius 3 is 2.61 bits per heavy atom. The van der Waals surface area contributed by atoms with E-state index in [1.807, 2.05) is 56.3 Å². The van der Waals surface area contributed by atoms with Crippen molar-refractivity contribution in [1.29, 1.82) is 0 Å². The molecule has 8 heteroatoms. The number of aryl methyl sites for hydroxylation is 2. The van der Waals surface area contributed by atoms with Gasteiger partial charge in [-0.05, 0) is 36.8 Å². The third-order valence-electron chi connectivity index (χ3n) is 4.82. The van der Waals surface area contributed by atoms with Crippen molar-refractivity contribution >= 4 is 5.97 Å². The summed E-state index contributed by atoms with van der Waals surface area (Å²) < 4.78 is 12.7. The van der Waals surface area contributed by atoms with Crippen LogP contribution in [0.15, 0.2) is 59.0 Å². The third-order valence-corrected chi connectivity index (χ3v) is 4.82. The normalized spacial score (nSPS) is 10.9. The lowest BCUT2D eigenvalue weighted by atomic mass is 10.1. The highest BCUT2D eigenvalue weighted by molar-refractivity contribution is 5.87. The number of ether oxygens (including phenoxy) is 1. The zero-order chi connectivity index (χ0) is 21.8. The van der Waals surface area contributed by atoms with Gasteiger partial charge in [-0.25, -0.2) is 14.5 Å². The molecule has 158 valence electrons. The molecule has 0 aliphatic heterocycles. The minimum absolute atomic E-state index is 0.0504. The standard InChI is InChI=1S/C23H22N4O4/c1-15-20(24-16(2)31-15)11-12-30-19-10-6-7-17(13-19)14-21-22(23(28)29)27(26-25-21)18-8-4-3-5-9-18/h3-10,13H,11-12,14H2,1-2H3,(H,28,29). The van der Waals surface area contributed by atoms with E-state index in [1.165, 1.54) is 4.68 Å². The minimum atomic E-state index is -1.07. The second kappa shape index (κ2) is 8.83. The van der Waals surface area contributed by atoms with E-state index in [0.717, 1.165) is 17.0 Å². The number of aromatic nitrogens is 4. The number of carbonyl (C=O) groups is 1. The molecule has 0 aliphatic rings. The molecule has 0 bridgehead atoms. The average molecular weight is 418 g/mol. The molecule has 2 aromatic heterocycles. The van der Waals surface area contributed by atoms with Gasteiger partial charge in [-0.2, -0.15) is 0 Å². The second-order valence-corrected chi connectivity index (χ2v) is 7.10. The van der Waals surface area contributed by atoms with Crippen LogP contribution in [0.3, 0.4) is 0 Å². The first-order chi connectivity index (χ1) is 15.0. The molecule has 4 aromatic rings. The molecule has 31 heavy (non-hydrogen) atoms. The van der Waals surface area contributed by atoms with E-state index < -0.39 is 5.97 Å². The Morgan fingerprint density at radius 2 is 1.90 bits per heavy atom. The van der Waals surface area contributed by atoms with E-state index in [1.54, 1.807) is 12.1 Å². The number of hydrogen-bond donors (Lipinski definition) is 1. The lowest BCUT2D eigenvalue weighted by Crippen LogP contribution is -2.10. The number of hydrogen-bond acceptors (Lipinski definition) is 6. The van der Waals surface area contributed by atoms with Gasteiger partial charge in [0, 0.05) is 19.8 Å². The Bertz CT molecular complexity index is 1200. The molecule has 1 N–H and O–H groups in total. The number of rotatable bonds is 8. The summed E-state index contributed by atoms with van der Waals surface area (Å²) in [6, 6.07) is 16.6. The van der Waals surface area contributed by atoms with Crippen LogP contribution in [-0.4, -0.2) is 37.7 Å². The molecular formula is C23H22N4O4. The fourth-order valence-electron chi connectivity index (χ4n) is 3.40. The summed E-state index contributed by atoms with van der Waals surface area (Å²) >= 11 is 0. The summed E-state index contributed by atoms with van der Waals surface area (Å²) in [7, 11) is 0. The van der Waals surface area contributed by atoms with Gasteiger partial charge in [-0.1, -0.05) is 35.5 Å². The van der Waals surface area contributed by atoms with Crippen molar-refractivity contribution in [1.82, 2.24) is 20.0 Å². The molecule has 0 saturated carbocycles. The van der Waals surface area contributed by atoms with E-state index >= 15 is 0 Å². The van der Waals surface area contributed by atoms with Crippen LogP contribution in [0.25, 0.3) is 5.69 Å². The van der Waals surface area contributed by atoms with Crippen molar-refractivity contribution in [3.63, 3.8) is 0 Å². The second-order valence-electron chi connectivity index (χ2n) is 7.10. The number of carboxylic acid groups (broad SMARTS) is 1. The monoisotopic (exact) mass is 418 g/mol. The topological polar surface area (TPSA) is 103 Å². The summed E-state index contributed by atoms with van der Waals surface area (Å²) in [6.45, 7) is 4.17. The zero-order valence-electron chi connectivity index (χ0n) is 17.3. The maximum atomic E-state index is 11.9. The summed E-state index contributed by atoms with van der Waals surface area (Å²) in [5.41, 5.74) is 2.86. The van der Waals surface area contributed by atoms with Crippen molar-refractivity contribution in [2.45, 2.75) is 26.7 Å². The van der Waals surface area contributed by atoms with Crippen LogP contribution in [0.4, 0.5) is 0 Å². The van der Waals surface area contributed by atoms with Crippen LogP contribution >= 0.6 is 0 Å². The summed E-state index contributed by atoms with van der Waals surface area (Å²) in [4.78, 5) is 16.2. The number of nitrogens with zero attached hydrogens (tertiary/aromatic N) is 4. The highest BCUT2D eigenvalue weighted by Crippen LogP contribution is 2.20. The molecular weight excluding hydrogens is 396 g/mol. The molecule has 0 atom stereocenters. The van der Waals surface area contributed by atoms with E-state index in [2.05, 4.69) is 15.3 Å². The van der Waals surface area contributed by atoms with Gasteiger partial charge in [0.1, 0.15) is 17.2 Å². The van der Waals surface area contributed by atoms with E-state index in [9.17, 15) is 9.90 Å². The fourth-order valence-corrected chi connectivity index (χ4v) is 3.40. The van der Waals surface area contributed by atoms with E-state index in [-0.39, 0.29) is 5.69 Å². The van der Waals surface area contributed by atoms with Crippen LogP contribution in [0, 0.1) is 13.8 Å². The summed E-state index contributed by atoms with van der Waals surface area (Å²) in [6.07, 6.45) is 0.967. The molecule has 2 heterocycles. The van der Waals surface area contributed by atoms with E-state index in [4.69, 9.17) is 9.15 Å². The number of para-hydroxylation sites is 1. The Labute approximate surface area is 179 Å². The number of oxazole rings is 1. The van der Waals surface area contributed by atoms with Crippen LogP contribution in [0.1, 0.15) is 39.1 Å². The molecule has 0 fully saturated rings. The highest BCUT2D eigenvalue weighted by atomic mass is 16.5. The van der Waals surface area contributed by atoms with Gasteiger partial charge >= 0.3 is 5.97 Å². The maximum absolute atomic E-state index is 11.9. The molecule has 0 aliphatic carbocycles. The number of carboxylic acids is 1. The first-order valence-electron chi connectivity index (χ1n) is 9.89. The molecule has 4 rings (SSSR count). The van der Waals surface area contributed by atoms with Crippen molar-refractivity contribution in [3.05, 3.63) is 88.9 Å². The Balaban J connectivity index is 1.48. The first kappa shape index (κ1) is 20.3. The SMILES string of the molecule is Cc1nc(CCOc2cccc(Cc3nnn(-c4ccccc4)c3C(=O)O)c2)c(C)o1. The molecule has 2 aromatic carbocycles. The smallest absolute Gasteiger partial charge is 0.356 e. The van der Waals surface area contributed by atoms with Gasteiger partial charge < -0.3 is 14.3 Å². The van der Waals surface area contributed by atoms with Gasteiger partial charge in [0.25, 0.3) is 0 Å². The van der Waals surface area contributed by atoms with E-state index in [0.29, 0.717) is 42.5 Å². The first-order valence-corrected chi connectivity index (χ1v) is 9.89. The minimum Gasteiger partial charge on any atom is -0.493 e. The maximum Gasteiger partial charge on any atom is 0.356 e. The van der Waals surface area contributed by atoms with Gasteiger partial charge in [-0.15, -0.1) is 5.10 Å². The van der Waals surface area contributed by atoms with Gasteiger partial charge in [0.2, 0.25) is 0 Å². The van der Waals surface area contributed by atoms with Crippen molar-refractivity contribution in [2.75, 3.05) is 6.61 Å². The molecule has 0 radical (unpaired) electrons.